The molecule has 0 saturated carbocycles. The number of carbonyl (C=O) groups excluding carboxylic acids is 1. The van der Waals surface area contributed by atoms with E-state index in [0.29, 0.717) is 12.2 Å². The minimum absolute atomic E-state index is 0.0656. The average Bonchev–Trinajstić information content (AvgIpc) is 2.80. The molecule has 0 fully saturated rings. The maximum Gasteiger partial charge on any atom is 0.198 e. The van der Waals surface area contributed by atoms with Gasteiger partial charge in [-0.25, -0.2) is 0 Å². The SMILES string of the molecule is CCCC(=O)c1ccc(-c2ccc(Br)cc2)o1. The van der Waals surface area contributed by atoms with E-state index >= 15 is 0 Å². The molecule has 0 aliphatic rings. The zero-order valence-electron chi connectivity index (χ0n) is 9.57. The molecule has 0 amide bonds. The van der Waals surface area contributed by atoms with Crippen molar-refractivity contribution in [3.63, 3.8) is 0 Å². The van der Waals surface area contributed by atoms with E-state index in [-0.39, 0.29) is 5.78 Å². The Kier molecular flexibility index (Phi) is 3.79. The smallest absolute Gasteiger partial charge is 0.198 e. The van der Waals surface area contributed by atoms with Crippen molar-refractivity contribution in [2.24, 2.45) is 0 Å². The van der Waals surface area contributed by atoms with Crippen molar-refractivity contribution in [1.82, 2.24) is 0 Å². The Hall–Kier alpha value is -1.35. The molecule has 88 valence electrons. The molecule has 3 heteroatoms. The third-order valence-corrected chi connectivity index (χ3v) is 3.02. The van der Waals surface area contributed by atoms with Gasteiger partial charge in [-0.15, -0.1) is 0 Å². The first kappa shape index (κ1) is 12.1. The fourth-order valence-electron chi connectivity index (χ4n) is 1.61. The van der Waals surface area contributed by atoms with Crippen LogP contribution in [0.25, 0.3) is 11.3 Å². The first-order valence-corrected chi connectivity index (χ1v) is 6.39. The van der Waals surface area contributed by atoms with Crippen LogP contribution in [0.3, 0.4) is 0 Å². The fourth-order valence-corrected chi connectivity index (χ4v) is 1.87. The van der Waals surface area contributed by atoms with E-state index in [4.69, 9.17) is 4.42 Å². The molecule has 17 heavy (non-hydrogen) atoms. The highest BCUT2D eigenvalue weighted by Crippen LogP contribution is 2.24. The van der Waals surface area contributed by atoms with Gasteiger partial charge >= 0.3 is 0 Å². The molecule has 2 nitrogen and oxygen atoms in total. The van der Waals surface area contributed by atoms with Gasteiger partial charge in [0, 0.05) is 16.5 Å². The van der Waals surface area contributed by atoms with E-state index < -0.39 is 0 Å². The molecule has 2 rings (SSSR count). The lowest BCUT2D eigenvalue weighted by atomic mass is 10.2. The van der Waals surface area contributed by atoms with E-state index in [1.807, 2.05) is 37.3 Å². The highest BCUT2D eigenvalue weighted by molar-refractivity contribution is 9.10. The van der Waals surface area contributed by atoms with Crippen molar-refractivity contribution in [3.8, 4) is 11.3 Å². The van der Waals surface area contributed by atoms with Crippen molar-refractivity contribution >= 4 is 21.7 Å². The molecule has 0 atom stereocenters. The van der Waals surface area contributed by atoms with Crippen LogP contribution in [0.2, 0.25) is 0 Å². The minimum Gasteiger partial charge on any atom is -0.453 e. The summed E-state index contributed by atoms with van der Waals surface area (Å²) in [5.74, 6) is 1.25. The number of hydrogen-bond donors (Lipinski definition) is 0. The number of ketones is 1. The molecule has 1 heterocycles. The molecule has 0 unspecified atom stereocenters. The van der Waals surface area contributed by atoms with Gasteiger partial charge in [-0.3, -0.25) is 4.79 Å². The summed E-state index contributed by atoms with van der Waals surface area (Å²) in [5.41, 5.74) is 0.976. The van der Waals surface area contributed by atoms with Crippen LogP contribution in [0.15, 0.2) is 45.3 Å². The maximum absolute atomic E-state index is 11.6. The second kappa shape index (κ2) is 5.32. The summed E-state index contributed by atoms with van der Waals surface area (Å²) in [4.78, 5) is 11.6. The van der Waals surface area contributed by atoms with Crippen LogP contribution in [0.5, 0.6) is 0 Å². The Labute approximate surface area is 109 Å². The summed E-state index contributed by atoms with van der Waals surface area (Å²) >= 11 is 3.38. The monoisotopic (exact) mass is 292 g/mol. The summed E-state index contributed by atoms with van der Waals surface area (Å²) in [6.07, 6.45) is 1.38. The lowest BCUT2D eigenvalue weighted by molar-refractivity contribution is 0.0955. The van der Waals surface area contributed by atoms with Crippen LogP contribution in [-0.2, 0) is 0 Å². The molecule has 1 aromatic carbocycles. The molecule has 1 aromatic heterocycles. The summed E-state index contributed by atoms with van der Waals surface area (Å²) in [7, 11) is 0. The predicted molar refractivity (Wildman–Crippen MR) is 71.1 cm³/mol. The minimum atomic E-state index is 0.0656. The van der Waals surface area contributed by atoms with Crippen molar-refractivity contribution in [2.45, 2.75) is 19.8 Å². The topological polar surface area (TPSA) is 30.2 Å². The third-order valence-electron chi connectivity index (χ3n) is 2.49. The van der Waals surface area contributed by atoms with E-state index in [2.05, 4.69) is 15.9 Å². The first-order chi connectivity index (χ1) is 8.20. The van der Waals surface area contributed by atoms with Gasteiger partial charge in [0.2, 0.25) is 0 Å². The summed E-state index contributed by atoms with van der Waals surface area (Å²) in [6, 6.07) is 11.4. The molecular weight excluding hydrogens is 280 g/mol. The average molecular weight is 293 g/mol. The lowest BCUT2D eigenvalue weighted by Crippen LogP contribution is -1.94. The third kappa shape index (κ3) is 2.86. The van der Waals surface area contributed by atoms with Crippen LogP contribution in [-0.4, -0.2) is 5.78 Å². The summed E-state index contributed by atoms with van der Waals surface area (Å²) in [5, 5.41) is 0. The van der Waals surface area contributed by atoms with Crippen molar-refractivity contribution < 1.29 is 9.21 Å². The number of halogens is 1. The van der Waals surface area contributed by atoms with Gasteiger partial charge in [0.25, 0.3) is 0 Å². The van der Waals surface area contributed by atoms with Crippen molar-refractivity contribution in [1.29, 1.82) is 0 Å². The lowest BCUT2D eigenvalue weighted by Gasteiger charge is -1.97. The molecule has 0 aliphatic heterocycles. The molecular formula is C14H13BrO2. The molecule has 0 spiro atoms. The summed E-state index contributed by atoms with van der Waals surface area (Å²) in [6.45, 7) is 1.98. The van der Waals surface area contributed by atoms with Gasteiger partial charge < -0.3 is 4.42 Å². The number of Topliss-reactive ketones (excluding diaryl/α,β-unsaturated/α-hetero) is 1. The van der Waals surface area contributed by atoms with Crippen LogP contribution in [0, 0.1) is 0 Å². The van der Waals surface area contributed by atoms with Gasteiger partial charge in [0.05, 0.1) is 0 Å². The molecule has 2 aromatic rings. The maximum atomic E-state index is 11.6. The normalized spacial score (nSPS) is 10.5. The quantitative estimate of drug-likeness (QED) is 0.765. The van der Waals surface area contributed by atoms with E-state index in [0.717, 1.165) is 22.2 Å². The highest BCUT2D eigenvalue weighted by Gasteiger charge is 2.10. The Morgan fingerprint density at radius 3 is 2.53 bits per heavy atom. The van der Waals surface area contributed by atoms with Crippen LogP contribution in [0.1, 0.15) is 30.3 Å². The molecule has 0 N–H and O–H groups in total. The largest absolute Gasteiger partial charge is 0.453 e. The second-order valence-corrected chi connectivity index (χ2v) is 4.76. The van der Waals surface area contributed by atoms with Gasteiger partial charge in [0.15, 0.2) is 11.5 Å². The fraction of sp³-hybridized carbons (Fsp3) is 0.214. The zero-order valence-corrected chi connectivity index (χ0v) is 11.2. The van der Waals surface area contributed by atoms with Crippen molar-refractivity contribution in [2.75, 3.05) is 0 Å². The van der Waals surface area contributed by atoms with Gasteiger partial charge in [-0.2, -0.15) is 0 Å². The van der Waals surface area contributed by atoms with Crippen LogP contribution in [0.4, 0.5) is 0 Å². The van der Waals surface area contributed by atoms with Gasteiger partial charge in [-0.1, -0.05) is 35.0 Å². The number of rotatable bonds is 4. The van der Waals surface area contributed by atoms with Crippen LogP contribution < -0.4 is 0 Å². The Morgan fingerprint density at radius 1 is 1.18 bits per heavy atom. The second-order valence-electron chi connectivity index (χ2n) is 3.84. The molecule has 0 radical (unpaired) electrons. The van der Waals surface area contributed by atoms with E-state index in [1.165, 1.54) is 0 Å². The number of furan rings is 1. The molecule has 0 aliphatic carbocycles. The van der Waals surface area contributed by atoms with Crippen LogP contribution >= 0.6 is 15.9 Å². The standard InChI is InChI=1S/C14H13BrO2/c1-2-3-12(16)14-9-8-13(17-14)10-4-6-11(15)7-5-10/h4-9H,2-3H2,1H3. The van der Waals surface area contributed by atoms with Crippen molar-refractivity contribution in [3.05, 3.63) is 46.6 Å². The first-order valence-electron chi connectivity index (χ1n) is 5.59. The Balaban J connectivity index is 2.23. The summed E-state index contributed by atoms with van der Waals surface area (Å²) < 4.78 is 6.58. The highest BCUT2D eigenvalue weighted by atomic mass is 79.9. The molecule has 0 bridgehead atoms. The number of benzene rings is 1. The molecule has 0 saturated heterocycles. The van der Waals surface area contributed by atoms with Gasteiger partial charge in [-0.05, 0) is 30.7 Å². The zero-order chi connectivity index (χ0) is 12.3. The predicted octanol–water partition coefficient (Wildman–Crippen LogP) is 4.69. The van der Waals surface area contributed by atoms with E-state index in [1.54, 1.807) is 6.07 Å². The van der Waals surface area contributed by atoms with Gasteiger partial charge in [0.1, 0.15) is 5.76 Å². The number of hydrogen-bond acceptors (Lipinski definition) is 2. The van der Waals surface area contributed by atoms with E-state index in [9.17, 15) is 4.79 Å². The Bertz CT molecular complexity index is 511. The Morgan fingerprint density at radius 2 is 1.88 bits per heavy atom. The number of carbonyl (C=O) groups is 1.